The first-order valence-electron chi connectivity index (χ1n) is 14.4. The zero-order chi connectivity index (χ0) is 32.9. The number of carbonyl (C=O) groups is 5. The SMILES string of the molecule is COC(=O)CCCCC(=O)OC(C(=O)c1ccc(/C=C/C(=O)OC(C)(C)C)cc1)c1ccc(/C=C/C(=O)OC(C)(C)C)cc1. The topological polar surface area (TPSA) is 122 Å². The molecule has 0 aliphatic carbocycles. The van der Waals surface area contributed by atoms with Crippen LogP contribution in [0, 0.1) is 0 Å². The van der Waals surface area contributed by atoms with E-state index in [1.165, 1.54) is 19.3 Å². The molecule has 0 aliphatic rings. The monoisotopic (exact) mass is 606 g/mol. The van der Waals surface area contributed by atoms with Crippen LogP contribution < -0.4 is 0 Å². The van der Waals surface area contributed by atoms with Crippen LogP contribution in [0.2, 0.25) is 0 Å². The number of unbranched alkanes of at least 4 members (excludes halogenated alkanes) is 1. The van der Waals surface area contributed by atoms with Gasteiger partial charge in [0.1, 0.15) is 11.2 Å². The van der Waals surface area contributed by atoms with Crippen molar-refractivity contribution >= 4 is 41.8 Å². The second kappa shape index (κ2) is 16.4. The van der Waals surface area contributed by atoms with Crippen LogP contribution in [0.3, 0.4) is 0 Å². The van der Waals surface area contributed by atoms with Gasteiger partial charge in [-0.15, -0.1) is 0 Å². The minimum Gasteiger partial charge on any atom is -0.469 e. The fraction of sp³-hybridized carbons (Fsp3) is 0.400. The first kappa shape index (κ1) is 35.7. The summed E-state index contributed by atoms with van der Waals surface area (Å²) >= 11 is 0. The molecule has 0 saturated carbocycles. The Bertz CT molecular complexity index is 1350. The van der Waals surface area contributed by atoms with Crippen molar-refractivity contribution in [3.8, 4) is 0 Å². The maximum Gasteiger partial charge on any atom is 0.331 e. The number of ether oxygens (including phenoxy) is 4. The molecule has 0 spiro atoms. The van der Waals surface area contributed by atoms with E-state index in [0.717, 1.165) is 0 Å². The number of methoxy groups -OCH3 is 1. The zero-order valence-corrected chi connectivity index (χ0v) is 26.5. The molecule has 0 amide bonds. The summed E-state index contributed by atoms with van der Waals surface area (Å²) in [5.41, 5.74) is 0.874. The quantitative estimate of drug-likeness (QED) is 0.0816. The third kappa shape index (κ3) is 13.6. The van der Waals surface area contributed by atoms with Gasteiger partial charge in [-0.3, -0.25) is 14.4 Å². The van der Waals surface area contributed by atoms with Crippen LogP contribution in [0.5, 0.6) is 0 Å². The number of rotatable bonds is 13. The van der Waals surface area contributed by atoms with E-state index in [-0.39, 0.29) is 18.8 Å². The van der Waals surface area contributed by atoms with Crippen molar-refractivity contribution in [2.45, 2.75) is 84.5 Å². The lowest BCUT2D eigenvalue weighted by Gasteiger charge is -2.18. The minimum atomic E-state index is -1.23. The number of carbonyl (C=O) groups excluding carboxylic acids is 5. The minimum absolute atomic E-state index is 0.0197. The average molecular weight is 607 g/mol. The van der Waals surface area contributed by atoms with Gasteiger partial charge in [0.05, 0.1) is 7.11 Å². The summed E-state index contributed by atoms with van der Waals surface area (Å²) in [7, 11) is 1.30. The van der Waals surface area contributed by atoms with Crippen LogP contribution in [0.25, 0.3) is 12.2 Å². The molecular weight excluding hydrogens is 564 g/mol. The lowest BCUT2D eigenvalue weighted by molar-refractivity contribution is -0.149. The van der Waals surface area contributed by atoms with Gasteiger partial charge in [-0.1, -0.05) is 48.5 Å². The molecule has 236 valence electrons. The van der Waals surface area contributed by atoms with Crippen molar-refractivity contribution in [1.82, 2.24) is 0 Å². The van der Waals surface area contributed by atoms with Crippen LogP contribution in [0.15, 0.2) is 60.7 Å². The standard InChI is InChI=1S/C35H42O9/c1-34(2,3)43-30(38)22-16-24-12-18-26(19-13-24)32(40)33(42-29(37)11-9-8-10-28(36)41-7)27-20-14-25(15-21-27)17-23-31(39)44-35(4,5)6/h12-23,33H,8-11H2,1-7H3/b22-16+,23-17+. The molecule has 0 radical (unpaired) electrons. The maximum absolute atomic E-state index is 13.6. The highest BCUT2D eigenvalue weighted by atomic mass is 16.6. The van der Waals surface area contributed by atoms with Crippen molar-refractivity contribution in [1.29, 1.82) is 0 Å². The third-order valence-electron chi connectivity index (χ3n) is 5.80. The molecule has 1 atom stereocenters. The normalized spacial score (nSPS) is 12.5. The summed E-state index contributed by atoms with van der Waals surface area (Å²) in [5.74, 6) is -2.36. The van der Waals surface area contributed by atoms with E-state index in [4.69, 9.17) is 14.2 Å². The summed E-state index contributed by atoms with van der Waals surface area (Å²) in [6, 6.07) is 13.2. The van der Waals surface area contributed by atoms with Gasteiger partial charge in [-0.2, -0.15) is 0 Å². The number of hydrogen-bond acceptors (Lipinski definition) is 9. The van der Waals surface area contributed by atoms with Crippen molar-refractivity contribution in [2.75, 3.05) is 7.11 Å². The van der Waals surface area contributed by atoms with Crippen molar-refractivity contribution in [3.05, 3.63) is 82.9 Å². The Labute approximate surface area is 259 Å². The Balaban J connectivity index is 2.22. The van der Waals surface area contributed by atoms with Gasteiger partial charge in [0, 0.05) is 36.1 Å². The molecule has 1 unspecified atom stereocenters. The second-order valence-electron chi connectivity index (χ2n) is 12.0. The summed E-state index contributed by atoms with van der Waals surface area (Å²) in [6.45, 7) is 10.7. The predicted molar refractivity (Wildman–Crippen MR) is 166 cm³/mol. The molecule has 9 nitrogen and oxygen atoms in total. The zero-order valence-electron chi connectivity index (χ0n) is 26.5. The van der Waals surface area contributed by atoms with Gasteiger partial charge in [0.2, 0.25) is 5.78 Å². The van der Waals surface area contributed by atoms with Gasteiger partial charge >= 0.3 is 23.9 Å². The highest BCUT2D eigenvalue weighted by Gasteiger charge is 2.26. The van der Waals surface area contributed by atoms with Gasteiger partial charge < -0.3 is 18.9 Å². The largest absolute Gasteiger partial charge is 0.469 e. The molecule has 0 heterocycles. The van der Waals surface area contributed by atoms with Crippen molar-refractivity contribution < 1.29 is 42.9 Å². The molecule has 0 N–H and O–H groups in total. The average Bonchev–Trinajstić information content (AvgIpc) is 2.94. The van der Waals surface area contributed by atoms with E-state index in [9.17, 15) is 24.0 Å². The molecule has 2 rings (SSSR count). The van der Waals surface area contributed by atoms with Gasteiger partial charge in [0.25, 0.3) is 0 Å². The van der Waals surface area contributed by atoms with Crippen molar-refractivity contribution in [3.63, 3.8) is 0 Å². The third-order valence-corrected chi connectivity index (χ3v) is 5.80. The number of ketones is 1. The Morgan fingerprint density at radius 2 is 1.09 bits per heavy atom. The fourth-order valence-electron chi connectivity index (χ4n) is 3.80. The number of hydrogen-bond donors (Lipinski definition) is 0. The molecular formula is C35H42O9. The molecule has 0 saturated heterocycles. The molecule has 0 aliphatic heterocycles. The van der Waals surface area contributed by atoms with E-state index in [2.05, 4.69) is 4.74 Å². The Kier molecular flexibility index (Phi) is 13.3. The Morgan fingerprint density at radius 3 is 1.52 bits per heavy atom. The van der Waals surface area contributed by atoms with E-state index < -0.39 is 41.0 Å². The Morgan fingerprint density at radius 1 is 0.659 bits per heavy atom. The van der Waals surface area contributed by atoms with Gasteiger partial charge in [0.15, 0.2) is 6.10 Å². The van der Waals surface area contributed by atoms with Crippen LogP contribution in [0.4, 0.5) is 0 Å². The summed E-state index contributed by atoms with van der Waals surface area (Å²) < 4.78 is 20.8. The summed E-state index contributed by atoms with van der Waals surface area (Å²) in [5, 5.41) is 0. The molecule has 0 bridgehead atoms. The number of Topliss-reactive ketones (excluding diaryl/α,β-unsaturated/α-hetero) is 1. The van der Waals surface area contributed by atoms with E-state index in [1.807, 2.05) is 0 Å². The van der Waals surface area contributed by atoms with E-state index >= 15 is 0 Å². The van der Waals surface area contributed by atoms with Gasteiger partial charge in [-0.25, -0.2) is 9.59 Å². The first-order chi connectivity index (χ1) is 20.6. The highest BCUT2D eigenvalue weighted by Crippen LogP contribution is 2.25. The summed E-state index contributed by atoms with van der Waals surface area (Å²) in [4.78, 5) is 61.7. The summed E-state index contributed by atoms with van der Waals surface area (Å²) in [6.07, 6.45) is 5.60. The van der Waals surface area contributed by atoms with Crippen LogP contribution >= 0.6 is 0 Å². The molecule has 2 aromatic rings. The predicted octanol–water partition coefficient (Wildman–Crippen LogP) is 6.60. The number of esters is 4. The highest BCUT2D eigenvalue weighted by molar-refractivity contribution is 6.01. The molecule has 0 aromatic heterocycles. The second-order valence-corrected chi connectivity index (χ2v) is 12.0. The van der Waals surface area contributed by atoms with Crippen molar-refractivity contribution in [2.24, 2.45) is 0 Å². The molecule has 44 heavy (non-hydrogen) atoms. The van der Waals surface area contributed by atoms with Crippen LogP contribution in [-0.4, -0.2) is 48.0 Å². The van der Waals surface area contributed by atoms with Gasteiger partial charge in [-0.05, 0) is 77.7 Å². The van der Waals surface area contributed by atoms with E-state index in [1.54, 1.807) is 102 Å². The molecule has 0 fully saturated rings. The number of benzene rings is 2. The smallest absolute Gasteiger partial charge is 0.331 e. The first-order valence-corrected chi connectivity index (χ1v) is 14.4. The maximum atomic E-state index is 13.6. The lowest BCUT2D eigenvalue weighted by atomic mass is 9.97. The lowest BCUT2D eigenvalue weighted by Crippen LogP contribution is -2.22. The Hall–Kier alpha value is -4.53. The molecule has 9 heteroatoms. The van der Waals surface area contributed by atoms with E-state index in [0.29, 0.717) is 35.1 Å². The van der Waals surface area contributed by atoms with Crippen LogP contribution in [-0.2, 0) is 38.1 Å². The fourth-order valence-corrected chi connectivity index (χ4v) is 3.80. The van der Waals surface area contributed by atoms with Crippen LogP contribution in [0.1, 0.15) is 100 Å². The molecule has 2 aromatic carbocycles.